The van der Waals surface area contributed by atoms with E-state index in [9.17, 15) is 9.59 Å². The van der Waals surface area contributed by atoms with E-state index in [1.165, 1.54) is 6.92 Å². The molecular weight excluding hydrogens is 146 g/mol. The van der Waals surface area contributed by atoms with Crippen LogP contribution in [-0.4, -0.2) is 17.9 Å². The number of nitrogens with two attached hydrogens (primary N) is 1. The summed E-state index contributed by atoms with van der Waals surface area (Å²) >= 11 is 0. The summed E-state index contributed by atoms with van der Waals surface area (Å²) < 4.78 is 0. The van der Waals surface area contributed by atoms with Crippen molar-refractivity contribution in [2.24, 2.45) is 5.84 Å². The monoisotopic (exact) mass is 155 g/mol. The van der Waals surface area contributed by atoms with Gasteiger partial charge in [-0.3, -0.25) is 15.0 Å². The maximum Gasteiger partial charge on any atom is 0.296 e. The second kappa shape index (κ2) is 4.30. The third kappa shape index (κ3) is 3.23. The van der Waals surface area contributed by atoms with Crippen LogP contribution in [0.2, 0.25) is 0 Å². The summed E-state index contributed by atoms with van der Waals surface area (Å²) in [5.41, 5.74) is 1.87. The number of hydrazine groups is 1. The van der Waals surface area contributed by atoms with Crippen molar-refractivity contribution in [3.63, 3.8) is 0 Å². The fourth-order valence-corrected chi connectivity index (χ4v) is 0.429. The minimum absolute atomic E-state index is 0.492. The van der Waals surface area contributed by atoms with Crippen LogP contribution >= 0.6 is 0 Å². The lowest BCUT2D eigenvalue weighted by atomic mass is 10.3. The molecule has 4 N–H and O–H groups in total. The van der Waals surface area contributed by atoms with E-state index in [0.29, 0.717) is 0 Å². The van der Waals surface area contributed by atoms with Crippen molar-refractivity contribution < 1.29 is 9.59 Å². The zero-order valence-electron chi connectivity index (χ0n) is 6.05. The average molecular weight is 155 g/mol. The van der Waals surface area contributed by atoms with Crippen LogP contribution < -0.4 is 16.6 Å². The van der Waals surface area contributed by atoms with Gasteiger partial charge in [-0.25, -0.2) is 5.84 Å². The van der Waals surface area contributed by atoms with Gasteiger partial charge in [0.2, 0.25) is 0 Å². The predicted octanol–water partition coefficient (Wildman–Crippen LogP) is -1.89. The van der Waals surface area contributed by atoms with Gasteiger partial charge >= 0.3 is 0 Å². The normalized spacial score (nSPS) is 11.0. The van der Waals surface area contributed by atoms with Gasteiger partial charge in [0.1, 0.15) is 6.04 Å². The topological polar surface area (TPSA) is 84.2 Å². The molecular formula is C6H9N3O2. The number of carbonyl (C=O) groups is 2. The molecule has 0 aromatic heterocycles. The standard InChI is InChI=1S/C6H9N3O2/c1-3-5(10)8-4(2)6(11)9-7/h1,4H,7H2,2H3,(H,8,10)(H,9,11). The summed E-state index contributed by atoms with van der Waals surface area (Å²) in [6.07, 6.45) is 4.74. The van der Waals surface area contributed by atoms with E-state index in [-0.39, 0.29) is 0 Å². The van der Waals surface area contributed by atoms with Crippen LogP contribution in [-0.2, 0) is 9.59 Å². The number of amides is 2. The highest BCUT2D eigenvalue weighted by Gasteiger charge is 2.11. The molecule has 2 amide bonds. The molecule has 0 aromatic rings. The van der Waals surface area contributed by atoms with Crippen molar-refractivity contribution >= 4 is 11.8 Å². The summed E-state index contributed by atoms with van der Waals surface area (Å²) in [6.45, 7) is 1.47. The first-order valence-electron chi connectivity index (χ1n) is 2.89. The van der Waals surface area contributed by atoms with E-state index < -0.39 is 17.9 Å². The molecule has 1 unspecified atom stereocenters. The summed E-state index contributed by atoms with van der Waals surface area (Å²) in [7, 11) is 0. The Bertz CT molecular complexity index is 206. The molecule has 11 heavy (non-hydrogen) atoms. The molecule has 0 aliphatic carbocycles. The van der Waals surface area contributed by atoms with Crippen LogP contribution in [0.3, 0.4) is 0 Å². The number of hydrogen-bond acceptors (Lipinski definition) is 3. The van der Waals surface area contributed by atoms with Gasteiger partial charge in [-0.2, -0.15) is 0 Å². The van der Waals surface area contributed by atoms with Gasteiger partial charge in [0, 0.05) is 0 Å². The second-order valence-electron chi connectivity index (χ2n) is 1.85. The quantitative estimate of drug-likeness (QED) is 0.189. The van der Waals surface area contributed by atoms with Gasteiger partial charge in [-0.1, -0.05) is 0 Å². The third-order valence-electron chi connectivity index (χ3n) is 1.01. The van der Waals surface area contributed by atoms with Gasteiger partial charge in [0.25, 0.3) is 11.8 Å². The molecule has 0 aliphatic rings. The molecule has 0 fully saturated rings. The van der Waals surface area contributed by atoms with Crippen molar-refractivity contribution in [3.05, 3.63) is 0 Å². The Balaban J connectivity index is 3.89. The van der Waals surface area contributed by atoms with Crippen LogP contribution in [0.1, 0.15) is 6.92 Å². The fraction of sp³-hybridized carbons (Fsp3) is 0.333. The molecule has 1 atom stereocenters. The average Bonchev–Trinajstić information content (AvgIpc) is 2.02. The molecule has 5 heteroatoms. The first-order chi connectivity index (χ1) is 5.11. The molecule has 0 aromatic carbocycles. The number of hydrogen-bond donors (Lipinski definition) is 3. The van der Waals surface area contributed by atoms with Crippen LogP contribution in [0.25, 0.3) is 0 Å². The van der Waals surface area contributed by atoms with E-state index in [0.717, 1.165) is 0 Å². The Morgan fingerprint density at radius 1 is 1.64 bits per heavy atom. The second-order valence-corrected chi connectivity index (χ2v) is 1.85. The molecule has 0 bridgehead atoms. The van der Waals surface area contributed by atoms with Gasteiger partial charge in [0.05, 0.1) is 0 Å². The molecule has 0 saturated carbocycles. The maximum absolute atomic E-state index is 10.6. The summed E-state index contributed by atoms with van der Waals surface area (Å²) in [5, 5.41) is 2.21. The molecule has 0 heterocycles. The van der Waals surface area contributed by atoms with E-state index in [1.54, 1.807) is 5.92 Å². The van der Waals surface area contributed by atoms with E-state index in [4.69, 9.17) is 12.3 Å². The van der Waals surface area contributed by atoms with E-state index in [1.807, 2.05) is 5.43 Å². The molecule has 5 nitrogen and oxygen atoms in total. The lowest BCUT2D eigenvalue weighted by molar-refractivity contribution is -0.126. The number of carbonyl (C=O) groups excluding carboxylic acids is 2. The number of nitrogens with one attached hydrogen (secondary N) is 2. The third-order valence-corrected chi connectivity index (χ3v) is 1.01. The van der Waals surface area contributed by atoms with Crippen LogP contribution in [0.4, 0.5) is 0 Å². The minimum Gasteiger partial charge on any atom is -0.334 e. The Morgan fingerprint density at radius 3 is 2.55 bits per heavy atom. The summed E-state index contributed by atoms with van der Waals surface area (Å²) in [5.74, 6) is 5.46. The lowest BCUT2D eigenvalue weighted by Gasteiger charge is -2.08. The van der Waals surface area contributed by atoms with Gasteiger partial charge < -0.3 is 5.32 Å². The molecule has 60 valence electrons. The smallest absolute Gasteiger partial charge is 0.296 e. The summed E-state index contributed by atoms with van der Waals surface area (Å²) in [4.78, 5) is 21.1. The number of terminal acetylenes is 1. The molecule has 0 radical (unpaired) electrons. The molecule has 0 spiro atoms. The van der Waals surface area contributed by atoms with Gasteiger partial charge in [-0.05, 0) is 12.8 Å². The largest absolute Gasteiger partial charge is 0.334 e. The van der Waals surface area contributed by atoms with Crippen LogP contribution in [0.5, 0.6) is 0 Å². The highest BCUT2D eigenvalue weighted by atomic mass is 16.2. The predicted molar refractivity (Wildman–Crippen MR) is 38.8 cm³/mol. The first-order valence-corrected chi connectivity index (χ1v) is 2.89. The number of rotatable bonds is 2. The van der Waals surface area contributed by atoms with Gasteiger partial charge in [-0.15, -0.1) is 6.42 Å². The molecule has 0 aliphatic heterocycles. The SMILES string of the molecule is C#CC(=O)NC(C)C(=O)NN. The van der Waals surface area contributed by atoms with E-state index >= 15 is 0 Å². The Kier molecular flexibility index (Phi) is 3.70. The van der Waals surface area contributed by atoms with Crippen molar-refractivity contribution in [1.29, 1.82) is 0 Å². The molecule has 0 saturated heterocycles. The van der Waals surface area contributed by atoms with Crippen molar-refractivity contribution in [2.75, 3.05) is 0 Å². The highest BCUT2D eigenvalue weighted by molar-refractivity contribution is 5.96. The van der Waals surface area contributed by atoms with Crippen molar-refractivity contribution in [1.82, 2.24) is 10.7 Å². The fourth-order valence-electron chi connectivity index (χ4n) is 0.429. The zero-order chi connectivity index (χ0) is 8.85. The Labute approximate surface area is 64.3 Å². The van der Waals surface area contributed by atoms with E-state index in [2.05, 4.69) is 5.32 Å². The maximum atomic E-state index is 10.6. The highest BCUT2D eigenvalue weighted by Crippen LogP contribution is 1.78. The van der Waals surface area contributed by atoms with Crippen LogP contribution in [0.15, 0.2) is 0 Å². The van der Waals surface area contributed by atoms with Crippen LogP contribution in [0, 0.1) is 12.3 Å². The van der Waals surface area contributed by atoms with Crippen molar-refractivity contribution in [2.45, 2.75) is 13.0 Å². The van der Waals surface area contributed by atoms with Gasteiger partial charge in [0.15, 0.2) is 0 Å². The minimum atomic E-state index is -0.705. The zero-order valence-corrected chi connectivity index (χ0v) is 6.05. The molecule has 0 rings (SSSR count). The lowest BCUT2D eigenvalue weighted by Crippen LogP contribution is -2.46. The summed E-state index contributed by atoms with van der Waals surface area (Å²) in [6, 6.07) is -0.705. The Morgan fingerprint density at radius 2 is 2.18 bits per heavy atom. The first kappa shape index (κ1) is 9.46. The Hall–Kier alpha value is -1.54. The van der Waals surface area contributed by atoms with Crippen molar-refractivity contribution in [3.8, 4) is 12.3 Å².